The SMILES string of the molecule is CN(C)C(=O)c1ccc(N2CC3(CCN(C4CCNCC4)CC3)C2)cc1Cl. The highest BCUT2D eigenvalue weighted by atomic mass is 35.5. The first-order valence-electron chi connectivity index (χ1n) is 10.2. The number of carbonyl (C=O) groups excluding carboxylic acids is 1. The molecular weight excluding hydrogens is 360 g/mol. The molecule has 0 atom stereocenters. The zero-order chi connectivity index (χ0) is 19.0. The Morgan fingerprint density at radius 2 is 1.85 bits per heavy atom. The van der Waals surface area contributed by atoms with Crippen molar-refractivity contribution in [3.8, 4) is 0 Å². The highest BCUT2D eigenvalue weighted by Crippen LogP contribution is 2.43. The maximum absolute atomic E-state index is 12.2. The van der Waals surface area contributed by atoms with Gasteiger partial charge in [-0.2, -0.15) is 0 Å². The number of carbonyl (C=O) groups is 1. The van der Waals surface area contributed by atoms with Gasteiger partial charge in [-0.05, 0) is 70.1 Å². The Morgan fingerprint density at radius 3 is 2.44 bits per heavy atom. The van der Waals surface area contributed by atoms with E-state index >= 15 is 0 Å². The Balaban J connectivity index is 1.33. The Bertz CT molecular complexity index is 685. The van der Waals surface area contributed by atoms with Gasteiger partial charge in [0.05, 0.1) is 10.6 Å². The molecule has 1 amide bonds. The molecule has 0 aliphatic carbocycles. The summed E-state index contributed by atoms with van der Waals surface area (Å²) in [6.45, 7) is 7.07. The van der Waals surface area contributed by atoms with Crippen LogP contribution >= 0.6 is 11.6 Å². The lowest BCUT2D eigenvalue weighted by Crippen LogP contribution is -2.61. The standard InChI is InChI=1S/C21H31ClN4O/c1-24(2)20(27)18-4-3-17(13-19(18)22)26-14-21(15-26)7-11-25(12-8-21)16-5-9-23-10-6-16/h3-4,13,16,23H,5-12,14-15H2,1-2H3. The number of halogens is 1. The smallest absolute Gasteiger partial charge is 0.254 e. The van der Waals surface area contributed by atoms with Crippen molar-refractivity contribution in [3.05, 3.63) is 28.8 Å². The first-order chi connectivity index (χ1) is 13.0. The molecule has 3 aliphatic heterocycles. The molecule has 4 rings (SSSR count). The van der Waals surface area contributed by atoms with Crippen LogP contribution in [0.15, 0.2) is 18.2 Å². The molecule has 0 bridgehead atoms. The van der Waals surface area contributed by atoms with E-state index in [2.05, 4.69) is 15.1 Å². The Kier molecular flexibility index (Phi) is 5.36. The molecule has 3 saturated heterocycles. The third-order valence-electron chi connectivity index (χ3n) is 6.69. The molecule has 1 N–H and O–H groups in total. The molecule has 0 unspecified atom stereocenters. The van der Waals surface area contributed by atoms with E-state index in [1.54, 1.807) is 19.0 Å². The van der Waals surface area contributed by atoms with Crippen molar-refractivity contribution in [2.45, 2.75) is 31.7 Å². The number of anilines is 1. The predicted molar refractivity (Wildman–Crippen MR) is 111 cm³/mol. The number of piperidine rings is 2. The van der Waals surface area contributed by atoms with Gasteiger partial charge in [0.15, 0.2) is 0 Å². The molecule has 3 aliphatic rings. The van der Waals surface area contributed by atoms with Crippen LogP contribution in [0.2, 0.25) is 5.02 Å². The van der Waals surface area contributed by atoms with E-state index in [0.717, 1.165) is 24.8 Å². The van der Waals surface area contributed by atoms with Crippen molar-refractivity contribution >= 4 is 23.2 Å². The van der Waals surface area contributed by atoms with E-state index in [4.69, 9.17) is 11.6 Å². The van der Waals surface area contributed by atoms with Crippen molar-refractivity contribution in [3.63, 3.8) is 0 Å². The highest BCUT2D eigenvalue weighted by Gasteiger charge is 2.45. The lowest BCUT2D eigenvalue weighted by molar-refractivity contribution is 0.0428. The van der Waals surface area contributed by atoms with E-state index < -0.39 is 0 Å². The van der Waals surface area contributed by atoms with E-state index in [0.29, 0.717) is 16.0 Å². The van der Waals surface area contributed by atoms with Gasteiger partial charge in [-0.25, -0.2) is 0 Å². The van der Waals surface area contributed by atoms with Crippen molar-refractivity contribution < 1.29 is 4.79 Å². The van der Waals surface area contributed by atoms with Gasteiger partial charge in [-0.3, -0.25) is 4.79 Å². The van der Waals surface area contributed by atoms with Crippen LogP contribution in [0.4, 0.5) is 5.69 Å². The van der Waals surface area contributed by atoms with Crippen LogP contribution in [-0.4, -0.2) is 75.1 Å². The average Bonchev–Trinajstić information content (AvgIpc) is 2.66. The summed E-state index contributed by atoms with van der Waals surface area (Å²) in [6.07, 6.45) is 5.21. The number of likely N-dealkylation sites (tertiary alicyclic amines) is 1. The first-order valence-corrected chi connectivity index (χ1v) is 10.6. The molecule has 1 aromatic carbocycles. The second kappa shape index (κ2) is 7.61. The average molecular weight is 391 g/mol. The quantitative estimate of drug-likeness (QED) is 0.861. The van der Waals surface area contributed by atoms with Crippen molar-refractivity contribution in [1.82, 2.24) is 15.1 Å². The molecule has 148 valence electrons. The number of rotatable bonds is 3. The van der Waals surface area contributed by atoms with Crippen LogP contribution in [0.1, 0.15) is 36.0 Å². The number of hydrogen-bond donors (Lipinski definition) is 1. The summed E-state index contributed by atoms with van der Waals surface area (Å²) in [7, 11) is 3.50. The Labute approximate surface area is 167 Å². The number of nitrogens with zero attached hydrogens (tertiary/aromatic N) is 3. The van der Waals surface area contributed by atoms with E-state index in [-0.39, 0.29) is 5.91 Å². The third kappa shape index (κ3) is 3.82. The van der Waals surface area contributed by atoms with Crippen LogP contribution in [-0.2, 0) is 0 Å². The number of benzene rings is 1. The minimum atomic E-state index is -0.0445. The Morgan fingerprint density at radius 1 is 1.19 bits per heavy atom. The fraction of sp³-hybridized carbons (Fsp3) is 0.667. The number of amides is 1. The second-order valence-corrected chi connectivity index (χ2v) is 9.14. The summed E-state index contributed by atoms with van der Waals surface area (Å²) < 4.78 is 0. The van der Waals surface area contributed by atoms with Crippen molar-refractivity contribution in [2.75, 3.05) is 58.3 Å². The summed E-state index contributed by atoms with van der Waals surface area (Å²) in [5, 5.41) is 4.02. The molecule has 0 aromatic heterocycles. The molecule has 6 heteroatoms. The van der Waals surface area contributed by atoms with Gasteiger partial charge < -0.3 is 20.0 Å². The van der Waals surface area contributed by atoms with Crippen LogP contribution < -0.4 is 10.2 Å². The topological polar surface area (TPSA) is 38.8 Å². The minimum Gasteiger partial charge on any atom is -0.370 e. The molecule has 5 nitrogen and oxygen atoms in total. The fourth-order valence-corrected chi connectivity index (χ4v) is 5.17. The van der Waals surface area contributed by atoms with Gasteiger partial charge in [0.2, 0.25) is 0 Å². The summed E-state index contributed by atoms with van der Waals surface area (Å²) in [4.78, 5) is 18.9. The lowest BCUT2D eigenvalue weighted by Gasteiger charge is -2.56. The summed E-state index contributed by atoms with van der Waals surface area (Å²) >= 11 is 6.39. The fourth-order valence-electron chi connectivity index (χ4n) is 4.91. The third-order valence-corrected chi connectivity index (χ3v) is 7.00. The highest BCUT2D eigenvalue weighted by molar-refractivity contribution is 6.34. The van der Waals surface area contributed by atoms with Gasteiger partial charge in [0, 0.05) is 44.3 Å². The van der Waals surface area contributed by atoms with Crippen LogP contribution in [0.3, 0.4) is 0 Å². The summed E-state index contributed by atoms with van der Waals surface area (Å²) in [5.74, 6) is -0.0445. The maximum atomic E-state index is 12.2. The normalized spacial score (nSPS) is 23.3. The molecule has 0 saturated carbocycles. The summed E-state index contributed by atoms with van der Waals surface area (Å²) in [5.41, 5.74) is 2.20. The van der Waals surface area contributed by atoms with E-state index in [9.17, 15) is 4.79 Å². The monoisotopic (exact) mass is 390 g/mol. The van der Waals surface area contributed by atoms with Crippen LogP contribution in [0.5, 0.6) is 0 Å². The molecule has 3 heterocycles. The Hall–Kier alpha value is -1.30. The molecule has 1 spiro atoms. The van der Waals surface area contributed by atoms with Crippen LogP contribution in [0, 0.1) is 5.41 Å². The number of hydrogen-bond acceptors (Lipinski definition) is 4. The largest absolute Gasteiger partial charge is 0.370 e. The molecule has 0 radical (unpaired) electrons. The van der Waals surface area contributed by atoms with Gasteiger partial charge in [0.25, 0.3) is 5.91 Å². The van der Waals surface area contributed by atoms with Crippen molar-refractivity contribution in [1.29, 1.82) is 0 Å². The van der Waals surface area contributed by atoms with E-state index in [1.165, 1.54) is 51.9 Å². The van der Waals surface area contributed by atoms with Crippen LogP contribution in [0.25, 0.3) is 0 Å². The molecule has 27 heavy (non-hydrogen) atoms. The predicted octanol–water partition coefficient (Wildman–Crippen LogP) is 2.70. The number of nitrogens with one attached hydrogen (secondary N) is 1. The van der Waals surface area contributed by atoms with E-state index in [1.807, 2.05) is 18.2 Å². The second-order valence-electron chi connectivity index (χ2n) is 8.74. The van der Waals surface area contributed by atoms with Crippen molar-refractivity contribution in [2.24, 2.45) is 5.41 Å². The zero-order valence-corrected chi connectivity index (χ0v) is 17.3. The lowest BCUT2D eigenvalue weighted by atomic mass is 9.71. The molecule has 1 aromatic rings. The first kappa shape index (κ1) is 19.0. The minimum absolute atomic E-state index is 0.0445. The molecule has 3 fully saturated rings. The van der Waals surface area contributed by atoms with Gasteiger partial charge >= 0.3 is 0 Å². The molecular formula is C21H31ClN4O. The maximum Gasteiger partial charge on any atom is 0.254 e. The van der Waals surface area contributed by atoms with Gasteiger partial charge in [-0.15, -0.1) is 0 Å². The van der Waals surface area contributed by atoms with Gasteiger partial charge in [-0.1, -0.05) is 11.6 Å². The van der Waals surface area contributed by atoms with Gasteiger partial charge in [0.1, 0.15) is 0 Å². The zero-order valence-electron chi connectivity index (χ0n) is 16.5. The summed E-state index contributed by atoms with van der Waals surface area (Å²) in [6, 6.07) is 6.65.